The van der Waals surface area contributed by atoms with Gasteiger partial charge < -0.3 is 0 Å². The molecule has 2 aromatic rings. The summed E-state index contributed by atoms with van der Waals surface area (Å²) in [5, 5.41) is 5.25. The summed E-state index contributed by atoms with van der Waals surface area (Å²) in [6.45, 7) is 0.219. The van der Waals surface area contributed by atoms with Crippen molar-refractivity contribution in [3.63, 3.8) is 0 Å². The van der Waals surface area contributed by atoms with Crippen molar-refractivity contribution in [1.82, 2.24) is 0 Å². The largest absolute Gasteiger partial charge is 0.266 e. The minimum Gasteiger partial charge on any atom is -0.266 e. The Hall–Kier alpha value is -1.61. The number of hydrogen-bond acceptors (Lipinski definition) is 4. The van der Waals surface area contributed by atoms with E-state index in [1.165, 1.54) is 34.6 Å². The highest BCUT2D eigenvalue weighted by molar-refractivity contribution is 7.93. The number of sulfonamides is 2. The van der Waals surface area contributed by atoms with Crippen LogP contribution in [0.5, 0.6) is 0 Å². The molecule has 0 spiro atoms. The Morgan fingerprint density at radius 3 is 2.39 bits per heavy atom. The van der Waals surface area contributed by atoms with E-state index in [9.17, 15) is 16.8 Å². The van der Waals surface area contributed by atoms with E-state index in [1.807, 2.05) is 0 Å². The second-order valence-electron chi connectivity index (χ2n) is 5.09. The van der Waals surface area contributed by atoms with Crippen molar-refractivity contribution in [3.05, 3.63) is 53.1 Å². The van der Waals surface area contributed by atoms with Crippen LogP contribution < -0.4 is 9.44 Å². The molecule has 0 aliphatic carbocycles. The van der Waals surface area contributed by atoms with E-state index >= 15 is 0 Å². The summed E-state index contributed by atoms with van der Waals surface area (Å²) in [5.41, 5.74) is 1.06. The van der Waals surface area contributed by atoms with Crippen molar-refractivity contribution in [2.75, 3.05) is 10.8 Å². The van der Waals surface area contributed by atoms with E-state index in [-0.39, 0.29) is 21.4 Å². The zero-order valence-corrected chi connectivity index (χ0v) is 14.2. The van der Waals surface area contributed by atoms with Gasteiger partial charge >= 0.3 is 0 Å². The molecule has 0 amide bonds. The number of fused-ring (bicyclic) bond motifs is 1. The lowest BCUT2D eigenvalue weighted by molar-refractivity contribution is 0.592. The smallest absolute Gasteiger partial charge is 0.265 e. The number of rotatable bonds is 3. The third-order valence-corrected chi connectivity index (χ3v) is 6.86. The third kappa shape index (κ3) is 2.83. The molecule has 0 bridgehead atoms. The van der Waals surface area contributed by atoms with Gasteiger partial charge in [0, 0.05) is 6.54 Å². The first kappa shape index (κ1) is 16.3. The van der Waals surface area contributed by atoms with Gasteiger partial charge in [0.25, 0.3) is 10.0 Å². The number of benzene rings is 2. The van der Waals surface area contributed by atoms with Crippen molar-refractivity contribution >= 4 is 37.3 Å². The lowest BCUT2D eigenvalue weighted by atomic mass is 10.2. The van der Waals surface area contributed by atoms with Gasteiger partial charge in [-0.05, 0) is 42.3 Å². The molecule has 0 saturated carbocycles. The van der Waals surface area contributed by atoms with Crippen molar-refractivity contribution in [3.8, 4) is 0 Å². The Labute approximate surface area is 139 Å². The van der Waals surface area contributed by atoms with Crippen LogP contribution >= 0.6 is 11.6 Å². The molecule has 2 N–H and O–H groups in total. The molecule has 1 aliphatic rings. The van der Waals surface area contributed by atoms with Gasteiger partial charge in [0.2, 0.25) is 10.0 Å². The zero-order chi connectivity index (χ0) is 16.8. The van der Waals surface area contributed by atoms with Crippen LogP contribution in [0.25, 0.3) is 0 Å². The summed E-state index contributed by atoms with van der Waals surface area (Å²) >= 11 is 6.00. The molecule has 0 unspecified atom stereocenters. The van der Waals surface area contributed by atoms with Gasteiger partial charge in [-0.2, -0.15) is 0 Å². The summed E-state index contributed by atoms with van der Waals surface area (Å²) in [6, 6.07) is 10.4. The molecule has 6 nitrogen and oxygen atoms in total. The number of halogens is 1. The summed E-state index contributed by atoms with van der Waals surface area (Å²) in [7, 11) is -7.64. The van der Waals surface area contributed by atoms with E-state index in [0.717, 1.165) is 0 Å². The quantitative estimate of drug-likeness (QED) is 0.887. The SMILES string of the molecule is NS(=O)(=O)c1ccc2c(c1)CCN2S(=O)(=O)c1ccccc1Cl. The van der Waals surface area contributed by atoms with Gasteiger partial charge in [0.15, 0.2) is 0 Å². The lowest BCUT2D eigenvalue weighted by Gasteiger charge is -2.20. The molecule has 3 rings (SSSR count). The molecule has 1 heterocycles. The molecule has 0 radical (unpaired) electrons. The first-order valence-electron chi connectivity index (χ1n) is 6.64. The second kappa shape index (κ2) is 5.48. The predicted octanol–water partition coefficient (Wildman–Crippen LogP) is 1.74. The topological polar surface area (TPSA) is 97.5 Å². The summed E-state index contributed by atoms with van der Waals surface area (Å²) in [5.74, 6) is 0. The summed E-state index contributed by atoms with van der Waals surface area (Å²) < 4.78 is 49.6. The Morgan fingerprint density at radius 2 is 1.74 bits per heavy atom. The molecule has 0 saturated heterocycles. The van der Waals surface area contributed by atoms with Crippen LogP contribution in [0.1, 0.15) is 5.56 Å². The van der Waals surface area contributed by atoms with Crippen LogP contribution in [0.15, 0.2) is 52.3 Å². The van der Waals surface area contributed by atoms with Crippen LogP contribution in [-0.2, 0) is 26.5 Å². The maximum absolute atomic E-state index is 12.8. The van der Waals surface area contributed by atoms with Gasteiger partial charge in [-0.1, -0.05) is 23.7 Å². The summed E-state index contributed by atoms with van der Waals surface area (Å²) in [6.07, 6.45) is 0.405. The molecule has 1 aliphatic heterocycles. The average Bonchev–Trinajstić information content (AvgIpc) is 2.90. The minimum atomic E-state index is -3.83. The first-order chi connectivity index (χ1) is 10.7. The minimum absolute atomic E-state index is 0.0186. The molecule has 0 aromatic heterocycles. The fourth-order valence-electron chi connectivity index (χ4n) is 2.55. The monoisotopic (exact) mass is 372 g/mol. The number of anilines is 1. The van der Waals surface area contributed by atoms with Crippen molar-refractivity contribution in [2.45, 2.75) is 16.2 Å². The van der Waals surface area contributed by atoms with Crippen molar-refractivity contribution < 1.29 is 16.8 Å². The highest BCUT2D eigenvalue weighted by Crippen LogP contribution is 2.35. The lowest BCUT2D eigenvalue weighted by Crippen LogP contribution is -2.29. The molecule has 0 atom stereocenters. The van der Waals surface area contributed by atoms with Gasteiger partial charge in [-0.25, -0.2) is 22.0 Å². The van der Waals surface area contributed by atoms with Crippen LogP contribution in [0.2, 0.25) is 5.02 Å². The van der Waals surface area contributed by atoms with E-state index in [1.54, 1.807) is 12.1 Å². The molecular formula is C14H13ClN2O4S2. The van der Waals surface area contributed by atoms with Crippen LogP contribution in [0.4, 0.5) is 5.69 Å². The standard InChI is InChI=1S/C14H13ClN2O4S2/c15-12-3-1-2-4-14(12)23(20,21)17-8-7-10-9-11(22(16,18)19)5-6-13(10)17/h1-6,9H,7-8H2,(H2,16,18,19). The van der Waals surface area contributed by atoms with E-state index in [0.29, 0.717) is 17.7 Å². The van der Waals surface area contributed by atoms with Gasteiger partial charge in [-0.3, -0.25) is 4.31 Å². The predicted molar refractivity (Wildman–Crippen MR) is 87.5 cm³/mol. The molecule has 2 aromatic carbocycles. The van der Waals surface area contributed by atoms with E-state index in [4.69, 9.17) is 16.7 Å². The molecule has 122 valence electrons. The Bertz CT molecular complexity index is 988. The third-order valence-electron chi connectivity index (χ3n) is 3.64. The number of nitrogens with zero attached hydrogens (tertiary/aromatic N) is 1. The Morgan fingerprint density at radius 1 is 1.04 bits per heavy atom. The van der Waals surface area contributed by atoms with Crippen molar-refractivity contribution in [1.29, 1.82) is 0 Å². The fourth-order valence-corrected chi connectivity index (χ4v) is 5.11. The first-order valence-corrected chi connectivity index (χ1v) is 10.0. The van der Waals surface area contributed by atoms with Crippen LogP contribution in [0, 0.1) is 0 Å². The Balaban J connectivity index is 2.08. The maximum atomic E-state index is 12.8. The van der Waals surface area contributed by atoms with Gasteiger partial charge in [0.05, 0.1) is 15.6 Å². The van der Waals surface area contributed by atoms with E-state index in [2.05, 4.69) is 0 Å². The highest BCUT2D eigenvalue weighted by atomic mass is 35.5. The van der Waals surface area contributed by atoms with Gasteiger partial charge in [-0.15, -0.1) is 0 Å². The molecule has 0 fully saturated rings. The molecule has 9 heteroatoms. The van der Waals surface area contributed by atoms with Crippen LogP contribution in [0.3, 0.4) is 0 Å². The van der Waals surface area contributed by atoms with Gasteiger partial charge in [0.1, 0.15) is 4.90 Å². The van der Waals surface area contributed by atoms with Crippen LogP contribution in [-0.4, -0.2) is 23.4 Å². The average molecular weight is 373 g/mol. The fraction of sp³-hybridized carbons (Fsp3) is 0.143. The zero-order valence-electron chi connectivity index (χ0n) is 11.8. The maximum Gasteiger partial charge on any atom is 0.265 e. The second-order valence-corrected chi connectivity index (χ2v) is 8.89. The number of primary sulfonamides is 1. The molecule has 23 heavy (non-hydrogen) atoms. The Kier molecular flexibility index (Phi) is 3.88. The van der Waals surface area contributed by atoms with Crippen molar-refractivity contribution in [2.24, 2.45) is 5.14 Å². The normalized spacial score (nSPS) is 14.8. The highest BCUT2D eigenvalue weighted by Gasteiger charge is 2.32. The molecular weight excluding hydrogens is 360 g/mol. The summed E-state index contributed by atoms with van der Waals surface area (Å²) in [4.78, 5) is -0.0155. The number of hydrogen-bond donors (Lipinski definition) is 1. The van der Waals surface area contributed by atoms with E-state index < -0.39 is 20.0 Å². The number of nitrogens with two attached hydrogens (primary N) is 1.